The fourth-order valence-electron chi connectivity index (χ4n) is 1.56. The first-order chi connectivity index (χ1) is 7.75. The lowest BCUT2D eigenvalue weighted by Crippen LogP contribution is -2.36. The van der Waals surface area contributed by atoms with Crippen molar-refractivity contribution >= 4 is 17.2 Å². The lowest BCUT2D eigenvalue weighted by Gasteiger charge is -2.10. The SMILES string of the molecule is O=C(Cn1ncsc1=O)NC[C@@H]1CCCO1. The summed E-state index contributed by atoms with van der Waals surface area (Å²) in [6, 6.07) is 0. The molecule has 1 aliphatic heterocycles. The molecule has 7 heteroatoms. The fourth-order valence-corrected chi connectivity index (χ4v) is 2.05. The van der Waals surface area contributed by atoms with E-state index >= 15 is 0 Å². The molecule has 1 aliphatic rings. The van der Waals surface area contributed by atoms with Crippen molar-refractivity contribution < 1.29 is 9.53 Å². The molecule has 1 aromatic rings. The van der Waals surface area contributed by atoms with E-state index in [2.05, 4.69) is 10.4 Å². The molecule has 6 nitrogen and oxygen atoms in total. The summed E-state index contributed by atoms with van der Waals surface area (Å²) in [4.78, 5) is 22.4. The van der Waals surface area contributed by atoms with Gasteiger partial charge in [0.1, 0.15) is 12.1 Å². The normalized spacial score (nSPS) is 19.9. The molecule has 16 heavy (non-hydrogen) atoms. The fraction of sp³-hybridized carbons (Fsp3) is 0.667. The summed E-state index contributed by atoms with van der Waals surface area (Å²) < 4.78 is 6.51. The Morgan fingerprint density at radius 3 is 3.25 bits per heavy atom. The van der Waals surface area contributed by atoms with Crippen molar-refractivity contribution in [3.63, 3.8) is 0 Å². The Morgan fingerprint density at radius 1 is 1.75 bits per heavy atom. The van der Waals surface area contributed by atoms with E-state index in [9.17, 15) is 9.59 Å². The van der Waals surface area contributed by atoms with Gasteiger partial charge < -0.3 is 10.1 Å². The van der Waals surface area contributed by atoms with Crippen LogP contribution < -0.4 is 10.2 Å². The van der Waals surface area contributed by atoms with Crippen molar-refractivity contribution in [1.29, 1.82) is 0 Å². The van der Waals surface area contributed by atoms with Crippen molar-refractivity contribution in [3.8, 4) is 0 Å². The molecule has 0 unspecified atom stereocenters. The molecule has 0 aliphatic carbocycles. The van der Waals surface area contributed by atoms with E-state index in [1.54, 1.807) is 0 Å². The molecule has 0 saturated carbocycles. The van der Waals surface area contributed by atoms with Crippen molar-refractivity contribution in [2.75, 3.05) is 13.2 Å². The van der Waals surface area contributed by atoms with Crippen LogP contribution in [0.2, 0.25) is 0 Å². The molecule has 1 fully saturated rings. The molecule has 2 rings (SSSR count). The van der Waals surface area contributed by atoms with E-state index in [1.165, 1.54) is 5.51 Å². The van der Waals surface area contributed by atoms with E-state index in [-0.39, 0.29) is 23.4 Å². The third-order valence-corrected chi connectivity index (χ3v) is 3.01. The lowest BCUT2D eigenvalue weighted by molar-refractivity contribution is -0.122. The Bertz CT molecular complexity index is 408. The Hall–Kier alpha value is -1.21. The van der Waals surface area contributed by atoms with Gasteiger partial charge >= 0.3 is 4.87 Å². The second-order valence-corrected chi connectivity index (χ2v) is 4.40. The summed E-state index contributed by atoms with van der Waals surface area (Å²) in [5.41, 5.74) is 1.43. The molecule has 1 amide bonds. The predicted molar refractivity (Wildman–Crippen MR) is 58.4 cm³/mol. The van der Waals surface area contributed by atoms with E-state index in [1.807, 2.05) is 0 Å². The highest BCUT2D eigenvalue weighted by Crippen LogP contribution is 2.10. The third kappa shape index (κ3) is 2.89. The highest BCUT2D eigenvalue weighted by atomic mass is 32.1. The quantitative estimate of drug-likeness (QED) is 0.781. The number of aromatic nitrogens is 2. The van der Waals surface area contributed by atoms with Gasteiger partial charge in [0.05, 0.1) is 6.10 Å². The first-order valence-electron chi connectivity index (χ1n) is 5.14. The van der Waals surface area contributed by atoms with Crippen molar-refractivity contribution in [2.24, 2.45) is 0 Å². The monoisotopic (exact) mass is 243 g/mol. The molecule has 2 heterocycles. The van der Waals surface area contributed by atoms with Crippen LogP contribution in [0.25, 0.3) is 0 Å². The maximum Gasteiger partial charge on any atom is 0.325 e. The molecule has 88 valence electrons. The molecule has 1 atom stereocenters. The summed E-state index contributed by atoms with van der Waals surface area (Å²) in [6.07, 6.45) is 2.15. The van der Waals surface area contributed by atoms with Crippen molar-refractivity contribution in [1.82, 2.24) is 15.1 Å². The maximum absolute atomic E-state index is 11.5. The molecular formula is C9H13N3O3S. The molecule has 1 saturated heterocycles. The third-order valence-electron chi connectivity index (χ3n) is 2.40. The summed E-state index contributed by atoms with van der Waals surface area (Å²) in [6.45, 7) is 1.26. The van der Waals surface area contributed by atoms with E-state index < -0.39 is 0 Å². The van der Waals surface area contributed by atoms with Crippen LogP contribution in [0.3, 0.4) is 0 Å². The number of nitrogens with one attached hydrogen (secondary N) is 1. The molecule has 0 spiro atoms. The molecule has 0 radical (unpaired) electrons. The van der Waals surface area contributed by atoms with Crippen molar-refractivity contribution in [3.05, 3.63) is 15.2 Å². The van der Waals surface area contributed by atoms with Crippen LogP contribution in [0, 0.1) is 0 Å². The first-order valence-corrected chi connectivity index (χ1v) is 6.02. The Balaban J connectivity index is 1.76. The standard InChI is InChI=1S/C9H13N3O3S/c13-8(5-12-9(14)16-6-11-12)10-4-7-2-1-3-15-7/h6-7H,1-5H2,(H,10,13)/t7-/m0/s1. The zero-order valence-corrected chi connectivity index (χ0v) is 9.53. The van der Waals surface area contributed by atoms with Crippen LogP contribution in [0.1, 0.15) is 12.8 Å². The lowest BCUT2D eigenvalue weighted by atomic mass is 10.2. The minimum atomic E-state index is -0.215. The van der Waals surface area contributed by atoms with Crippen molar-refractivity contribution in [2.45, 2.75) is 25.5 Å². The summed E-state index contributed by atoms with van der Waals surface area (Å²) >= 11 is 0.981. The van der Waals surface area contributed by atoms with Crippen LogP contribution in [0.5, 0.6) is 0 Å². The highest BCUT2D eigenvalue weighted by Gasteiger charge is 2.16. The average molecular weight is 243 g/mol. The second kappa shape index (κ2) is 5.22. The topological polar surface area (TPSA) is 73.2 Å². The molecular weight excluding hydrogens is 230 g/mol. The summed E-state index contributed by atoms with van der Waals surface area (Å²) in [5.74, 6) is -0.205. The van der Waals surface area contributed by atoms with E-state index in [0.29, 0.717) is 6.54 Å². The van der Waals surface area contributed by atoms with E-state index in [4.69, 9.17) is 4.74 Å². The van der Waals surface area contributed by atoms with E-state index in [0.717, 1.165) is 35.5 Å². The largest absolute Gasteiger partial charge is 0.376 e. The smallest absolute Gasteiger partial charge is 0.325 e. The average Bonchev–Trinajstić information content (AvgIpc) is 2.88. The minimum Gasteiger partial charge on any atom is -0.376 e. The van der Waals surface area contributed by atoms with Crippen LogP contribution >= 0.6 is 11.3 Å². The predicted octanol–water partition coefficient (Wildman–Crippen LogP) is -0.400. The number of hydrogen-bond donors (Lipinski definition) is 1. The minimum absolute atomic E-state index is 0.0188. The number of carbonyl (C=O) groups excluding carboxylic acids is 1. The van der Waals surface area contributed by atoms with Gasteiger partial charge in [0, 0.05) is 13.2 Å². The van der Waals surface area contributed by atoms with Gasteiger partial charge in [0.15, 0.2) is 0 Å². The highest BCUT2D eigenvalue weighted by molar-refractivity contribution is 7.06. The number of hydrogen-bond acceptors (Lipinski definition) is 5. The van der Waals surface area contributed by atoms with Gasteiger partial charge in [-0.1, -0.05) is 11.3 Å². The van der Waals surface area contributed by atoms with Gasteiger partial charge in [-0.15, -0.1) is 0 Å². The van der Waals surface area contributed by atoms with Gasteiger partial charge in [0.25, 0.3) is 0 Å². The molecule has 1 aromatic heterocycles. The van der Waals surface area contributed by atoms with Gasteiger partial charge in [-0.2, -0.15) is 5.10 Å². The number of ether oxygens (including phenoxy) is 1. The van der Waals surface area contributed by atoms with Gasteiger partial charge in [-0.25, -0.2) is 4.68 Å². The molecule has 0 aromatic carbocycles. The summed E-state index contributed by atoms with van der Waals surface area (Å²) in [7, 11) is 0. The first kappa shape index (κ1) is 11.3. The van der Waals surface area contributed by atoms with Gasteiger partial charge in [0.2, 0.25) is 5.91 Å². The maximum atomic E-state index is 11.5. The molecule has 1 N–H and O–H groups in total. The van der Waals surface area contributed by atoms with Crippen LogP contribution in [-0.2, 0) is 16.1 Å². The number of rotatable bonds is 4. The van der Waals surface area contributed by atoms with Crippen LogP contribution in [-0.4, -0.2) is 34.9 Å². The Labute approximate surface area is 96.2 Å². The second-order valence-electron chi connectivity index (χ2n) is 3.60. The Kier molecular flexibility index (Phi) is 3.68. The van der Waals surface area contributed by atoms with Crippen LogP contribution in [0.4, 0.5) is 0 Å². The zero-order valence-electron chi connectivity index (χ0n) is 8.72. The van der Waals surface area contributed by atoms with Gasteiger partial charge in [-0.05, 0) is 12.8 Å². The number of nitrogens with zero attached hydrogens (tertiary/aromatic N) is 2. The molecule has 0 bridgehead atoms. The Morgan fingerprint density at radius 2 is 2.62 bits per heavy atom. The van der Waals surface area contributed by atoms with Gasteiger partial charge in [-0.3, -0.25) is 9.59 Å². The number of carbonyl (C=O) groups is 1. The summed E-state index contributed by atoms with van der Waals surface area (Å²) in [5, 5.41) is 6.50. The number of amides is 1. The van der Waals surface area contributed by atoms with Crippen LogP contribution in [0.15, 0.2) is 10.3 Å². The zero-order chi connectivity index (χ0) is 11.4.